The van der Waals surface area contributed by atoms with Crippen LogP contribution >= 0.6 is 11.6 Å². The molecule has 0 saturated heterocycles. The molecule has 1 N–H and O–H groups in total. The molecule has 34 heavy (non-hydrogen) atoms. The molecule has 5 rings (SSSR count). The number of nitrogens with zero attached hydrogens (tertiary/aromatic N) is 5. The van der Waals surface area contributed by atoms with E-state index in [9.17, 15) is 4.79 Å². The van der Waals surface area contributed by atoms with Crippen molar-refractivity contribution < 1.29 is 4.79 Å². The van der Waals surface area contributed by atoms with Crippen molar-refractivity contribution in [1.82, 2.24) is 24.7 Å². The zero-order chi connectivity index (χ0) is 23.9. The van der Waals surface area contributed by atoms with Crippen LogP contribution in [0.15, 0.2) is 61.3 Å². The van der Waals surface area contributed by atoms with Crippen LogP contribution in [0, 0.1) is 5.41 Å². The number of anilines is 1. The number of carbonyl (C=O) groups excluding carboxylic acids is 1. The molecule has 0 spiro atoms. The predicted octanol–water partition coefficient (Wildman–Crippen LogP) is 5.38. The third-order valence-corrected chi connectivity index (χ3v) is 6.51. The second-order valence-electron chi connectivity index (χ2n) is 9.48. The highest BCUT2D eigenvalue weighted by Crippen LogP contribution is 2.39. The summed E-state index contributed by atoms with van der Waals surface area (Å²) >= 11 is 6.50. The lowest BCUT2D eigenvalue weighted by atomic mass is 9.89. The summed E-state index contributed by atoms with van der Waals surface area (Å²) < 4.78 is 2.04. The molecule has 0 bridgehead atoms. The van der Waals surface area contributed by atoms with E-state index in [1.807, 2.05) is 48.1 Å². The van der Waals surface area contributed by atoms with Crippen molar-refractivity contribution in [1.29, 1.82) is 0 Å². The lowest BCUT2D eigenvalue weighted by Gasteiger charge is -2.15. The molecule has 4 aromatic rings. The van der Waals surface area contributed by atoms with Crippen molar-refractivity contribution in [2.45, 2.75) is 39.7 Å². The van der Waals surface area contributed by atoms with Gasteiger partial charge in [-0.1, -0.05) is 31.5 Å². The fourth-order valence-electron chi connectivity index (χ4n) is 4.32. The standard InChI is InChI=1S/C26H25ClN6O/c1-16(17-6-7-22(29-12-17)18-5-4-8-28-11-18)25(34)32-24-9-19(21(27)14-30-24)20-13-31-33-15-26(2,3)10-23(20)33/h4-9,11-14,16H,10,15H2,1-3H3,(H,30,32,34)/t16-/m1/s1. The van der Waals surface area contributed by atoms with Crippen LogP contribution < -0.4 is 5.32 Å². The number of carbonyl (C=O) groups is 1. The van der Waals surface area contributed by atoms with Crippen molar-refractivity contribution in [3.8, 4) is 22.4 Å². The number of halogens is 1. The summed E-state index contributed by atoms with van der Waals surface area (Å²) in [5.74, 6) is -0.121. The van der Waals surface area contributed by atoms with E-state index in [1.165, 1.54) is 0 Å². The molecule has 1 atom stereocenters. The molecule has 0 saturated carbocycles. The van der Waals surface area contributed by atoms with E-state index in [4.69, 9.17) is 11.6 Å². The third-order valence-electron chi connectivity index (χ3n) is 6.21. The normalized spacial score (nSPS) is 15.1. The Balaban J connectivity index is 1.34. The first kappa shape index (κ1) is 22.2. The summed E-state index contributed by atoms with van der Waals surface area (Å²) in [6, 6.07) is 9.45. The average molecular weight is 473 g/mol. The monoisotopic (exact) mass is 472 g/mol. The largest absolute Gasteiger partial charge is 0.310 e. The fourth-order valence-corrected chi connectivity index (χ4v) is 4.52. The SMILES string of the molecule is C[C@@H](C(=O)Nc1cc(-c2cnn3c2CC(C)(C)C3)c(Cl)cn1)c1ccc(-c2cccnc2)nc1. The first-order valence-electron chi connectivity index (χ1n) is 11.2. The summed E-state index contributed by atoms with van der Waals surface area (Å²) in [5, 5.41) is 7.99. The summed E-state index contributed by atoms with van der Waals surface area (Å²) in [6.07, 6.45) is 9.55. The Morgan fingerprint density at radius 2 is 1.97 bits per heavy atom. The van der Waals surface area contributed by atoms with Gasteiger partial charge in [0.05, 0.1) is 22.8 Å². The molecule has 5 heterocycles. The van der Waals surface area contributed by atoms with Crippen LogP contribution in [-0.4, -0.2) is 30.6 Å². The topological polar surface area (TPSA) is 85.6 Å². The first-order valence-corrected chi connectivity index (χ1v) is 11.6. The molecule has 4 aromatic heterocycles. The number of amides is 1. The molecule has 1 amide bonds. The molecule has 1 aliphatic heterocycles. The maximum atomic E-state index is 13.0. The van der Waals surface area contributed by atoms with E-state index in [1.54, 1.807) is 24.8 Å². The van der Waals surface area contributed by atoms with Gasteiger partial charge in [-0.05, 0) is 48.6 Å². The highest BCUT2D eigenvalue weighted by molar-refractivity contribution is 6.33. The zero-order valence-electron chi connectivity index (χ0n) is 19.3. The Hall–Kier alpha value is -3.58. The van der Waals surface area contributed by atoms with E-state index < -0.39 is 5.92 Å². The van der Waals surface area contributed by atoms with E-state index >= 15 is 0 Å². The van der Waals surface area contributed by atoms with E-state index in [2.05, 4.69) is 39.2 Å². The fraction of sp³-hybridized carbons (Fsp3) is 0.269. The minimum Gasteiger partial charge on any atom is -0.310 e. The Kier molecular flexibility index (Phi) is 5.65. The Bertz CT molecular complexity index is 1350. The van der Waals surface area contributed by atoms with Gasteiger partial charge in [0, 0.05) is 53.7 Å². The smallest absolute Gasteiger partial charge is 0.232 e. The molecule has 0 fully saturated rings. The van der Waals surface area contributed by atoms with E-state index in [0.717, 1.165) is 46.6 Å². The van der Waals surface area contributed by atoms with Gasteiger partial charge in [0.2, 0.25) is 5.91 Å². The molecule has 1 aliphatic rings. The Morgan fingerprint density at radius 3 is 2.71 bits per heavy atom. The first-order chi connectivity index (χ1) is 16.3. The van der Waals surface area contributed by atoms with Crippen molar-refractivity contribution in [2.75, 3.05) is 5.32 Å². The Labute approximate surface area is 203 Å². The summed E-state index contributed by atoms with van der Waals surface area (Å²) in [4.78, 5) is 25.9. The summed E-state index contributed by atoms with van der Waals surface area (Å²) in [5.41, 5.74) is 5.67. The van der Waals surface area contributed by atoms with Gasteiger partial charge >= 0.3 is 0 Å². The highest BCUT2D eigenvalue weighted by Gasteiger charge is 2.32. The number of hydrogen-bond acceptors (Lipinski definition) is 5. The van der Waals surface area contributed by atoms with Crippen LogP contribution in [0.3, 0.4) is 0 Å². The number of hydrogen-bond donors (Lipinski definition) is 1. The molecule has 172 valence electrons. The van der Waals surface area contributed by atoms with Crippen molar-refractivity contribution >= 4 is 23.3 Å². The molecular formula is C26H25ClN6O. The second-order valence-corrected chi connectivity index (χ2v) is 9.89. The van der Waals surface area contributed by atoms with Crippen LogP contribution in [0.25, 0.3) is 22.4 Å². The van der Waals surface area contributed by atoms with Crippen molar-refractivity contribution in [2.24, 2.45) is 5.41 Å². The summed E-state index contributed by atoms with van der Waals surface area (Å²) in [7, 11) is 0. The van der Waals surface area contributed by atoms with Crippen LogP contribution in [0.5, 0.6) is 0 Å². The van der Waals surface area contributed by atoms with Crippen LogP contribution in [0.2, 0.25) is 5.02 Å². The van der Waals surface area contributed by atoms with E-state index in [-0.39, 0.29) is 11.3 Å². The zero-order valence-corrected chi connectivity index (χ0v) is 20.0. The number of nitrogens with one attached hydrogen (secondary N) is 1. The molecule has 8 heteroatoms. The van der Waals surface area contributed by atoms with Gasteiger partial charge in [-0.2, -0.15) is 5.10 Å². The minimum absolute atomic E-state index is 0.158. The van der Waals surface area contributed by atoms with Gasteiger partial charge in [0.15, 0.2) is 0 Å². The molecule has 7 nitrogen and oxygen atoms in total. The summed E-state index contributed by atoms with van der Waals surface area (Å²) in [6.45, 7) is 7.18. The third kappa shape index (κ3) is 4.31. The van der Waals surface area contributed by atoms with E-state index in [0.29, 0.717) is 10.8 Å². The van der Waals surface area contributed by atoms with Gasteiger partial charge in [-0.25, -0.2) is 4.98 Å². The quantitative estimate of drug-likeness (QED) is 0.421. The van der Waals surface area contributed by atoms with Crippen LogP contribution in [0.1, 0.15) is 37.9 Å². The van der Waals surface area contributed by atoms with Gasteiger partial charge in [0.1, 0.15) is 5.82 Å². The number of aromatic nitrogens is 5. The van der Waals surface area contributed by atoms with Crippen molar-refractivity contribution in [3.63, 3.8) is 0 Å². The van der Waals surface area contributed by atoms with Gasteiger partial charge in [-0.15, -0.1) is 0 Å². The maximum absolute atomic E-state index is 13.0. The highest BCUT2D eigenvalue weighted by atomic mass is 35.5. The van der Waals surface area contributed by atoms with Gasteiger partial charge in [0.25, 0.3) is 0 Å². The van der Waals surface area contributed by atoms with Crippen LogP contribution in [-0.2, 0) is 17.8 Å². The molecular weight excluding hydrogens is 448 g/mol. The molecule has 0 aromatic carbocycles. The van der Waals surface area contributed by atoms with Gasteiger partial charge < -0.3 is 5.32 Å². The Morgan fingerprint density at radius 1 is 1.12 bits per heavy atom. The number of pyridine rings is 3. The average Bonchev–Trinajstić information content (AvgIpc) is 3.35. The molecule has 0 unspecified atom stereocenters. The molecule has 0 radical (unpaired) electrons. The maximum Gasteiger partial charge on any atom is 0.232 e. The minimum atomic E-state index is -0.405. The number of rotatable bonds is 5. The molecule has 0 aliphatic carbocycles. The lowest BCUT2D eigenvalue weighted by molar-refractivity contribution is -0.117. The van der Waals surface area contributed by atoms with Crippen molar-refractivity contribution in [3.05, 3.63) is 77.6 Å². The lowest BCUT2D eigenvalue weighted by Crippen LogP contribution is -2.19. The second kappa shape index (κ2) is 8.65. The van der Waals surface area contributed by atoms with Crippen LogP contribution in [0.4, 0.5) is 5.82 Å². The number of fused-ring (bicyclic) bond motifs is 1. The van der Waals surface area contributed by atoms with Gasteiger partial charge in [-0.3, -0.25) is 19.4 Å². The predicted molar refractivity (Wildman–Crippen MR) is 132 cm³/mol.